The van der Waals surface area contributed by atoms with E-state index in [1.807, 2.05) is 0 Å². The molecular weight excluding hydrogens is 429 g/mol. The van der Waals surface area contributed by atoms with Crippen LogP contribution in [0.1, 0.15) is 18.4 Å². The summed E-state index contributed by atoms with van der Waals surface area (Å²) in [4.78, 5) is 22.9. The van der Waals surface area contributed by atoms with Crippen LogP contribution in [0.25, 0.3) is 0 Å². The molecule has 1 amide bonds. The molecule has 31 heavy (non-hydrogen) atoms. The maximum atomic E-state index is 13.7. The number of methoxy groups -OCH3 is 1. The van der Waals surface area contributed by atoms with Crippen molar-refractivity contribution in [2.75, 3.05) is 25.5 Å². The predicted molar refractivity (Wildman–Crippen MR) is 111 cm³/mol. The second kappa shape index (κ2) is 8.98. The monoisotopic (exact) mass is 451 g/mol. The molecule has 0 spiro atoms. The Morgan fingerprint density at radius 1 is 1.29 bits per heavy atom. The molecule has 0 unspecified atom stereocenters. The van der Waals surface area contributed by atoms with Crippen LogP contribution in [0.15, 0.2) is 41.3 Å². The topological polar surface area (TPSA) is 119 Å². The molecule has 1 atom stereocenters. The van der Waals surface area contributed by atoms with Crippen LogP contribution in [-0.4, -0.2) is 43.8 Å². The second-order valence-corrected chi connectivity index (χ2v) is 9.15. The Kier molecular flexibility index (Phi) is 6.56. The van der Waals surface area contributed by atoms with E-state index in [2.05, 4.69) is 5.32 Å². The first kappa shape index (κ1) is 22.6. The summed E-state index contributed by atoms with van der Waals surface area (Å²) in [6.07, 6.45) is 0.884. The number of non-ortho nitro benzene ring substituents is 1. The number of nitro benzene ring substituents is 1. The molecule has 1 N–H and O–H groups in total. The Morgan fingerprint density at radius 3 is 2.71 bits per heavy atom. The number of carbonyl (C=O) groups excluding carboxylic acids is 1. The third kappa shape index (κ3) is 4.83. The van der Waals surface area contributed by atoms with Gasteiger partial charge in [-0.3, -0.25) is 14.9 Å². The summed E-state index contributed by atoms with van der Waals surface area (Å²) in [5.74, 6) is -1.80. The Hall–Kier alpha value is -3.05. The van der Waals surface area contributed by atoms with Crippen molar-refractivity contribution in [1.82, 2.24) is 4.31 Å². The summed E-state index contributed by atoms with van der Waals surface area (Å²) >= 11 is 0. The second-order valence-electron chi connectivity index (χ2n) is 7.24. The van der Waals surface area contributed by atoms with E-state index in [1.54, 1.807) is 6.92 Å². The van der Waals surface area contributed by atoms with Crippen molar-refractivity contribution in [2.45, 2.75) is 24.7 Å². The Balaban J connectivity index is 1.81. The van der Waals surface area contributed by atoms with Gasteiger partial charge >= 0.3 is 0 Å². The number of benzene rings is 2. The van der Waals surface area contributed by atoms with Gasteiger partial charge in [0.05, 0.1) is 23.6 Å². The highest BCUT2D eigenvalue weighted by Gasteiger charge is 2.35. The van der Waals surface area contributed by atoms with Crippen LogP contribution in [0, 0.1) is 28.8 Å². The third-order valence-corrected chi connectivity index (χ3v) is 7.07. The normalized spacial score (nSPS) is 17.2. The lowest BCUT2D eigenvalue weighted by Gasteiger charge is -2.31. The number of carbonyl (C=O) groups is 1. The molecule has 1 fully saturated rings. The van der Waals surface area contributed by atoms with Crippen LogP contribution in [0.5, 0.6) is 5.75 Å². The third-order valence-electron chi connectivity index (χ3n) is 5.19. The minimum absolute atomic E-state index is 0.0141. The average molecular weight is 451 g/mol. The van der Waals surface area contributed by atoms with Gasteiger partial charge in [0.2, 0.25) is 15.9 Å². The van der Waals surface area contributed by atoms with Gasteiger partial charge in [0.15, 0.2) is 0 Å². The standard InChI is InChI=1S/C20H22FN3O6S/c1-13-5-7-16(24(26)27)11-17(13)22-20(25)14-4-3-9-23(12-14)31(28,29)19-10-15(21)6-8-18(19)30-2/h5-8,10-11,14H,3-4,9,12H2,1-2H3,(H,22,25)/t14-/m1/s1. The SMILES string of the molecule is COc1ccc(F)cc1S(=O)(=O)N1CCC[C@@H](C(=O)Nc2cc([N+](=O)[O-])ccc2C)C1. The van der Waals surface area contributed by atoms with E-state index in [-0.39, 0.29) is 29.4 Å². The summed E-state index contributed by atoms with van der Waals surface area (Å²) in [6.45, 7) is 1.79. The number of piperidine rings is 1. The van der Waals surface area contributed by atoms with Crippen molar-refractivity contribution in [3.8, 4) is 5.75 Å². The fourth-order valence-electron chi connectivity index (χ4n) is 3.46. The molecule has 2 aromatic carbocycles. The summed E-state index contributed by atoms with van der Waals surface area (Å²) < 4.78 is 46.1. The van der Waals surface area contributed by atoms with Gasteiger partial charge in [0, 0.05) is 25.2 Å². The number of sulfonamides is 1. The van der Waals surface area contributed by atoms with Crippen molar-refractivity contribution >= 4 is 27.3 Å². The highest BCUT2D eigenvalue weighted by Crippen LogP contribution is 2.31. The van der Waals surface area contributed by atoms with Gasteiger partial charge < -0.3 is 10.1 Å². The van der Waals surface area contributed by atoms with Crippen LogP contribution >= 0.6 is 0 Å². The predicted octanol–water partition coefficient (Wildman–Crippen LogP) is 3.09. The zero-order valence-electron chi connectivity index (χ0n) is 17.0. The first-order valence-electron chi connectivity index (χ1n) is 9.53. The maximum Gasteiger partial charge on any atom is 0.271 e. The molecule has 9 nitrogen and oxygen atoms in total. The lowest BCUT2D eigenvalue weighted by atomic mass is 9.98. The van der Waals surface area contributed by atoms with Crippen LogP contribution in [0.2, 0.25) is 0 Å². The quantitative estimate of drug-likeness (QED) is 0.533. The van der Waals surface area contributed by atoms with Crippen molar-refractivity contribution in [3.05, 3.63) is 57.9 Å². The number of amides is 1. The molecule has 1 heterocycles. The van der Waals surface area contributed by atoms with Crippen molar-refractivity contribution in [3.63, 3.8) is 0 Å². The van der Waals surface area contributed by atoms with E-state index in [4.69, 9.17) is 4.74 Å². The van der Waals surface area contributed by atoms with E-state index in [1.165, 1.54) is 31.4 Å². The number of nitrogens with zero attached hydrogens (tertiary/aromatic N) is 2. The largest absolute Gasteiger partial charge is 0.495 e. The van der Waals surface area contributed by atoms with Gasteiger partial charge in [-0.2, -0.15) is 4.31 Å². The molecule has 2 aromatic rings. The molecule has 0 saturated carbocycles. The van der Waals surface area contributed by atoms with E-state index < -0.39 is 32.6 Å². The van der Waals surface area contributed by atoms with Gasteiger partial charge in [-0.25, -0.2) is 12.8 Å². The van der Waals surface area contributed by atoms with E-state index in [9.17, 15) is 27.7 Å². The van der Waals surface area contributed by atoms with Crippen molar-refractivity contribution < 1.29 is 27.3 Å². The highest BCUT2D eigenvalue weighted by atomic mass is 32.2. The first-order chi connectivity index (χ1) is 14.6. The zero-order chi connectivity index (χ0) is 22.8. The fourth-order valence-corrected chi connectivity index (χ4v) is 5.15. The van der Waals surface area contributed by atoms with Crippen LogP contribution in [-0.2, 0) is 14.8 Å². The number of anilines is 1. The number of nitrogens with one attached hydrogen (secondary N) is 1. The molecular formula is C20H22FN3O6S. The minimum Gasteiger partial charge on any atom is -0.495 e. The van der Waals surface area contributed by atoms with Crippen LogP contribution in [0.4, 0.5) is 15.8 Å². The number of nitro groups is 1. The molecule has 3 rings (SSSR count). The van der Waals surface area contributed by atoms with E-state index in [0.717, 1.165) is 16.4 Å². The van der Waals surface area contributed by atoms with E-state index >= 15 is 0 Å². The van der Waals surface area contributed by atoms with Crippen molar-refractivity contribution in [1.29, 1.82) is 0 Å². The Morgan fingerprint density at radius 2 is 2.03 bits per heavy atom. The fraction of sp³-hybridized carbons (Fsp3) is 0.350. The molecule has 0 radical (unpaired) electrons. The van der Waals surface area contributed by atoms with Gasteiger partial charge in [-0.1, -0.05) is 6.07 Å². The number of ether oxygens (including phenoxy) is 1. The summed E-state index contributed by atoms with van der Waals surface area (Å²) in [7, 11) is -2.80. The summed E-state index contributed by atoms with van der Waals surface area (Å²) in [5, 5.41) is 13.7. The number of aryl methyl sites for hydroxylation is 1. The van der Waals surface area contributed by atoms with Gasteiger partial charge in [0.25, 0.3) is 5.69 Å². The number of rotatable bonds is 6. The molecule has 1 aliphatic heterocycles. The van der Waals surface area contributed by atoms with Gasteiger partial charge in [0.1, 0.15) is 16.5 Å². The van der Waals surface area contributed by atoms with Crippen molar-refractivity contribution in [2.24, 2.45) is 5.92 Å². The summed E-state index contributed by atoms with van der Waals surface area (Å²) in [6, 6.07) is 7.37. The summed E-state index contributed by atoms with van der Waals surface area (Å²) in [5.41, 5.74) is 0.779. The van der Waals surface area contributed by atoms with Gasteiger partial charge in [-0.15, -0.1) is 0 Å². The average Bonchev–Trinajstić information content (AvgIpc) is 2.75. The number of hydrogen-bond acceptors (Lipinski definition) is 6. The van der Waals surface area contributed by atoms with Crippen LogP contribution in [0.3, 0.4) is 0 Å². The lowest BCUT2D eigenvalue weighted by Crippen LogP contribution is -2.43. The van der Waals surface area contributed by atoms with Gasteiger partial charge in [-0.05, 0) is 43.5 Å². The maximum absolute atomic E-state index is 13.7. The molecule has 1 saturated heterocycles. The first-order valence-corrected chi connectivity index (χ1v) is 11.0. The molecule has 166 valence electrons. The lowest BCUT2D eigenvalue weighted by molar-refractivity contribution is -0.384. The smallest absolute Gasteiger partial charge is 0.271 e. The molecule has 0 aromatic heterocycles. The Labute approximate surface area is 179 Å². The number of hydrogen-bond donors (Lipinski definition) is 1. The Bertz CT molecular complexity index is 1120. The highest BCUT2D eigenvalue weighted by molar-refractivity contribution is 7.89. The molecule has 11 heteroatoms. The zero-order valence-corrected chi connectivity index (χ0v) is 17.8. The van der Waals surface area contributed by atoms with Crippen LogP contribution < -0.4 is 10.1 Å². The molecule has 1 aliphatic rings. The molecule has 0 bridgehead atoms. The number of halogens is 1. The molecule has 0 aliphatic carbocycles. The minimum atomic E-state index is -4.09. The van der Waals surface area contributed by atoms with E-state index in [0.29, 0.717) is 24.1 Å².